The van der Waals surface area contributed by atoms with E-state index in [9.17, 15) is 4.79 Å². The van der Waals surface area contributed by atoms with Crippen molar-refractivity contribution in [1.82, 2.24) is 0 Å². The summed E-state index contributed by atoms with van der Waals surface area (Å²) >= 11 is 2.23. The Morgan fingerprint density at radius 2 is 1.96 bits per heavy atom. The Balaban J connectivity index is 1.75. The molecule has 0 bridgehead atoms. The molecule has 128 valence electrons. The molecule has 2 aliphatic rings. The molecule has 2 aliphatic heterocycles. The molecule has 25 heavy (non-hydrogen) atoms. The molecule has 0 N–H and O–H groups in total. The first kappa shape index (κ1) is 17.1. The third-order valence-corrected chi connectivity index (χ3v) is 8.90. The van der Waals surface area contributed by atoms with E-state index in [2.05, 4.69) is 38.8 Å². The van der Waals surface area contributed by atoms with Crippen LogP contribution in [0, 0.1) is 0 Å². The maximum atomic E-state index is 13.1. The zero-order valence-corrected chi connectivity index (χ0v) is 17.4. The Morgan fingerprint density at radius 3 is 2.56 bits per heavy atom. The minimum absolute atomic E-state index is 0.00521. The van der Waals surface area contributed by atoms with Crippen molar-refractivity contribution in [3.8, 4) is 5.75 Å². The maximum absolute atomic E-state index is 13.1. The molecule has 4 nitrogen and oxygen atoms in total. The Kier molecular flexibility index (Phi) is 4.62. The second-order valence-corrected chi connectivity index (χ2v) is 9.24. The molecule has 2 atom stereocenters. The van der Waals surface area contributed by atoms with Gasteiger partial charge in [-0.3, -0.25) is 0 Å². The van der Waals surface area contributed by atoms with Gasteiger partial charge in [0.1, 0.15) is 0 Å². The summed E-state index contributed by atoms with van der Waals surface area (Å²) in [7, 11) is 1.64. The van der Waals surface area contributed by atoms with Gasteiger partial charge in [0.2, 0.25) is 0 Å². The first-order valence-electron chi connectivity index (χ1n) is 7.84. The van der Waals surface area contributed by atoms with Gasteiger partial charge >= 0.3 is 167 Å². The zero-order valence-electron chi connectivity index (χ0n) is 13.5. The van der Waals surface area contributed by atoms with Crippen LogP contribution in [0.3, 0.4) is 0 Å². The first-order valence-corrected chi connectivity index (χ1v) is 10.8. The Morgan fingerprint density at radius 1 is 1.24 bits per heavy atom. The van der Waals surface area contributed by atoms with E-state index in [0.29, 0.717) is 6.61 Å². The van der Waals surface area contributed by atoms with Crippen molar-refractivity contribution < 1.29 is 14.3 Å². The molecule has 0 radical (unpaired) electrons. The van der Waals surface area contributed by atoms with Gasteiger partial charge in [0.25, 0.3) is 0 Å². The zero-order chi connectivity index (χ0) is 17.4. The summed E-state index contributed by atoms with van der Waals surface area (Å²) in [5, 5.41) is 0. The molecule has 0 aliphatic carbocycles. The van der Waals surface area contributed by atoms with Crippen molar-refractivity contribution in [2.45, 2.75) is 10.5 Å². The molecule has 0 aromatic heterocycles. The van der Waals surface area contributed by atoms with E-state index >= 15 is 0 Å². The van der Waals surface area contributed by atoms with E-state index in [0.717, 1.165) is 17.0 Å². The minimum atomic E-state index is -0.717. The van der Waals surface area contributed by atoms with E-state index in [1.54, 1.807) is 7.11 Å². The van der Waals surface area contributed by atoms with Crippen LogP contribution >= 0.6 is 22.6 Å². The monoisotopic (exact) mass is 513 g/mol. The number of carbonyl (C=O) groups excluding carboxylic acids is 1. The number of ether oxygens (including phenoxy) is 2. The molecule has 4 rings (SSSR count). The van der Waals surface area contributed by atoms with Gasteiger partial charge in [-0.05, 0) is 0 Å². The second-order valence-electron chi connectivity index (χ2n) is 5.82. The van der Waals surface area contributed by atoms with Crippen LogP contribution in [0.2, 0.25) is 0 Å². The van der Waals surface area contributed by atoms with Crippen molar-refractivity contribution in [1.29, 1.82) is 0 Å². The summed E-state index contributed by atoms with van der Waals surface area (Å²) in [6.45, 7) is 0.550. The summed E-state index contributed by atoms with van der Waals surface area (Å²) in [6, 6.07) is 17.7. The Labute approximate surface area is 166 Å². The molecular formula is C19H16INO3Se. The predicted molar refractivity (Wildman–Crippen MR) is 106 cm³/mol. The van der Waals surface area contributed by atoms with Crippen molar-refractivity contribution in [3.05, 3.63) is 68.7 Å². The fourth-order valence-corrected chi connectivity index (χ4v) is 6.62. The fourth-order valence-electron chi connectivity index (χ4n) is 3.24. The van der Waals surface area contributed by atoms with E-state index in [4.69, 9.17) is 9.47 Å². The van der Waals surface area contributed by atoms with Crippen LogP contribution in [0.4, 0.5) is 5.69 Å². The standard InChI is InChI=1S/C19H16INO3Se/c1-23-15-9-7-14(8-10-15)21-17(13-5-3-2-4-6-13)19(18(21)22)24-12-16(11-20)25-19/h2-11,17H,12H2,1H3/b16-11+/t17-,19+/m1/s1. The second kappa shape index (κ2) is 6.76. The third kappa shape index (κ3) is 2.72. The van der Waals surface area contributed by atoms with Crippen molar-refractivity contribution in [2.24, 2.45) is 0 Å². The molecule has 1 spiro atoms. The number of β-lactam (4-membered cyclic amide) rings is 1. The number of hydrogen-bond donors (Lipinski definition) is 0. The van der Waals surface area contributed by atoms with Crippen LogP contribution in [0.25, 0.3) is 0 Å². The molecule has 2 aromatic carbocycles. The predicted octanol–water partition coefficient (Wildman–Crippen LogP) is 3.49. The molecular weight excluding hydrogens is 496 g/mol. The number of benzene rings is 2. The number of halogens is 1. The SMILES string of the molecule is COc1ccc(N2C(=O)[C@]3(OC/C(=C\I)[Se]3)[C@H]2c2ccccc2)cc1. The quantitative estimate of drug-likeness (QED) is 0.360. The summed E-state index contributed by atoms with van der Waals surface area (Å²) in [5.74, 6) is 0.832. The van der Waals surface area contributed by atoms with Gasteiger partial charge in [0.05, 0.1) is 0 Å². The molecule has 2 heterocycles. The number of amides is 1. The number of carbonyl (C=O) groups is 1. The van der Waals surface area contributed by atoms with E-state index in [1.165, 1.54) is 4.47 Å². The average Bonchev–Trinajstić information content (AvgIpc) is 3.13. The fraction of sp³-hybridized carbons (Fsp3) is 0.211. The molecule has 6 heteroatoms. The van der Waals surface area contributed by atoms with Crippen LogP contribution < -0.4 is 9.64 Å². The van der Waals surface area contributed by atoms with Crippen molar-refractivity contribution in [3.63, 3.8) is 0 Å². The van der Waals surface area contributed by atoms with E-state index in [-0.39, 0.29) is 26.9 Å². The van der Waals surface area contributed by atoms with Gasteiger partial charge in [-0.1, -0.05) is 0 Å². The number of nitrogens with zero attached hydrogens (tertiary/aromatic N) is 1. The number of hydrogen-bond acceptors (Lipinski definition) is 3. The summed E-state index contributed by atoms with van der Waals surface area (Å²) < 4.78 is 13.9. The van der Waals surface area contributed by atoms with Crippen LogP contribution in [0.1, 0.15) is 11.6 Å². The van der Waals surface area contributed by atoms with Gasteiger partial charge in [0.15, 0.2) is 0 Å². The normalized spacial score (nSPS) is 27.0. The van der Waals surface area contributed by atoms with Crippen molar-refractivity contribution in [2.75, 3.05) is 18.6 Å². The molecule has 2 fully saturated rings. The molecule has 0 unspecified atom stereocenters. The van der Waals surface area contributed by atoms with Crippen molar-refractivity contribution >= 4 is 49.1 Å². The number of methoxy groups -OCH3 is 1. The summed E-state index contributed by atoms with van der Waals surface area (Å²) in [6.07, 6.45) is 0. The van der Waals surface area contributed by atoms with E-state index < -0.39 is 4.50 Å². The van der Waals surface area contributed by atoms with Gasteiger partial charge < -0.3 is 0 Å². The van der Waals surface area contributed by atoms with Gasteiger partial charge in [-0.2, -0.15) is 0 Å². The van der Waals surface area contributed by atoms with Gasteiger partial charge in [-0.15, -0.1) is 0 Å². The Hall–Kier alpha value is -1.34. The van der Waals surface area contributed by atoms with E-state index in [1.807, 2.05) is 47.4 Å². The van der Waals surface area contributed by atoms with Gasteiger partial charge in [-0.25, -0.2) is 0 Å². The van der Waals surface area contributed by atoms with Crippen LogP contribution in [0.15, 0.2) is 63.2 Å². The summed E-state index contributed by atoms with van der Waals surface area (Å²) in [4.78, 5) is 15.0. The molecule has 2 aromatic rings. The van der Waals surface area contributed by atoms with Gasteiger partial charge in [0, 0.05) is 0 Å². The molecule has 1 amide bonds. The van der Waals surface area contributed by atoms with Crippen LogP contribution in [0.5, 0.6) is 5.75 Å². The first-order chi connectivity index (χ1) is 12.2. The molecule has 2 saturated heterocycles. The van der Waals surface area contributed by atoms with Crippen LogP contribution in [-0.4, -0.2) is 39.1 Å². The summed E-state index contributed by atoms with van der Waals surface area (Å²) in [5.41, 5.74) is 1.98. The van der Waals surface area contributed by atoms with Crippen LogP contribution in [-0.2, 0) is 9.53 Å². The average molecular weight is 512 g/mol. The third-order valence-electron chi connectivity index (χ3n) is 4.43. The topological polar surface area (TPSA) is 38.8 Å². The Bertz CT molecular complexity index is 824. The number of rotatable bonds is 3. The molecule has 0 saturated carbocycles. The number of anilines is 1.